The van der Waals surface area contributed by atoms with Crippen molar-refractivity contribution in [2.45, 2.75) is 32.2 Å². The zero-order valence-electron chi connectivity index (χ0n) is 14.0. The van der Waals surface area contributed by atoms with Crippen LogP contribution in [0.4, 0.5) is 0 Å². The van der Waals surface area contributed by atoms with Crippen molar-refractivity contribution in [2.75, 3.05) is 0 Å². The van der Waals surface area contributed by atoms with E-state index < -0.39 is 0 Å². The molecule has 6 nitrogen and oxygen atoms in total. The average molecular weight is 333 g/mol. The quantitative estimate of drug-likeness (QED) is 0.779. The molecule has 4 rings (SSSR count). The van der Waals surface area contributed by atoms with Crippen LogP contribution in [0.3, 0.4) is 0 Å². The highest BCUT2D eigenvalue weighted by Gasteiger charge is 2.28. The number of pyridine rings is 1. The molecule has 25 heavy (non-hydrogen) atoms. The maximum absolute atomic E-state index is 12.6. The fourth-order valence-electron chi connectivity index (χ4n) is 2.74. The lowest BCUT2D eigenvalue weighted by atomic mass is 10.1. The van der Waals surface area contributed by atoms with E-state index in [4.69, 9.17) is 0 Å². The molecular weight excluding hydrogens is 314 g/mol. The molecule has 1 amide bonds. The van der Waals surface area contributed by atoms with E-state index in [1.807, 2.05) is 24.3 Å². The van der Waals surface area contributed by atoms with E-state index in [1.54, 1.807) is 17.1 Å². The number of hydrogen-bond donors (Lipinski definition) is 1. The Morgan fingerprint density at radius 3 is 2.52 bits per heavy atom. The number of carbonyl (C=O) groups is 1. The second-order valence-corrected chi connectivity index (χ2v) is 6.20. The van der Waals surface area contributed by atoms with E-state index in [9.17, 15) is 4.79 Å². The SMILES string of the molecule is CCc1ccc(-n2nnc(C(=O)NC3CC3)c2-c2ccncc2)cc1. The number of aryl methyl sites for hydroxylation is 1. The summed E-state index contributed by atoms with van der Waals surface area (Å²) in [6, 6.07) is 12.1. The molecule has 3 aromatic rings. The number of rotatable bonds is 5. The molecule has 1 aromatic carbocycles. The minimum Gasteiger partial charge on any atom is -0.348 e. The smallest absolute Gasteiger partial charge is 0.274 e. The van der Waals surface area contributed by atoms with Gasteiger partial charge in [-0.1, -0.05) is 24.3 Å². The van der Waals surface area contributed by atoms with E-state index in [2.05, 4.69) is 39.7 Å². The first-order valence-corrected chi connectivity index (χ1v) is 8.52. The van der Waals surface area contributed by atoms with Gasteiger partial charge in [-0.15, -0.1) is 5.10 Å². The first-order chi connectivity index (χ1) is 12.3. The number of hydrogen-bond acceptors (Lipinski definition) is 4. The Bertz CT molecular complexity index is 882. The molecule has 126 valence electrons. The average Bonchev–Trinajstić information content (AvgIpc) is 3.36. The van der Waals surface area contributed by atoms with Crippen LogP contribution in [0.25, 0.3) is 16.9 Å². The molecule has 1 aliphatic carbocycles. The predicted molar refractivity (Wildman–Crippen MR) is 94.5 cm³/mol. The van der Waals surface area contributed by atoms with Gasteiger partial charge in [0.1, 0.15) is 5.69 Å². The van der Waals surface area contributed by atoms with Crippen LogP contribution < -0.4 is 5.32 Å². The van der Waals surface area contributed by atoms with Crippen LogP contribution in [0.5, 0.6) is 0 Å². The Balaban J connectivity index is 1.80. The number of benzene rings is 1. The summed E-state index contributed by atoms with van der Waals surface area (Å²) >= 11 is 0. The minimum atomic E-state index is -0.175. The molecule has 1 N–H and O–H groups in total. The lowest BCUT2D eigenvalue weighted by Crippen LogP contribution is -2.26. The van der Waals surface area contributed by atoms with Crippen molar-refractivity contribution in [1.29, 1.82) is 0 Å². The summed E-state index contributed by atoms with van der Waals surface area (Å²) in [6.45, 7) is 2.12. The first kappa shape index (κ1) is 15.5. The van der Waals surface area contributed by atoms with Crippen LogP contribution in [0.1, 0.15) is 35.8 Å². The molecule has 0 atom stereocenters. The van der Waals surface area contributed by atoms with E-state index in [-0.39, 0.29) is 11.9 Å². The van der Waals surface area contributed by atoms with Gasteiger partial charge in [-0.3, -0.25) is 9.78 Å². The summed E-state index contributed by atoms with van der Waals surface area (Å²) < 4.78 is 1.72. The Hall–Kier alpha value is -3.02. The molecular formula is C19H19N5O. The van der Waals surface area contributed by atoms with Gasteiger partial charge in [0, 0.05) is 24.0 Å². The maximum Gasteiger partial charge on any atom is 0.274 e. The van der Waals surface area contributed by atoms with Crippen LogP contribution in [-0.4, -0.2) is 31.9 Å². The van der Waals surface area contributed by atoms with E-state index in [1.165, 1.54) is 5.56 Å². The highest BCUT2D eigenvalue weighted by atomic mass is 16.2. The molecule has 2 aromatic heterocycles. The van der Waals surface area contributed by atoms with Crippen LogP contribution in [-0.2, 0) is 6.42 Å². The second kappa shape index (κ2) is 6.47. The minimum absolute atomic E-state index is 0.175. The standard InChI is InChI=1S/C19H19N5O/c1-2-13-3-7-16(8-4-13)24-18(14-9-11-20-12-10-14)17(22-23-24)19(25)21-15-5-6-15/h3-4,7-12,15H,2,5-6H2,1H3,(H,21,25). The van der Waals surface area contributed by atoms with Crippen molar-refractivity contribution in [3.63, 3.8) is 0 Å². The summed E-state index contributed by atoms with van der Waals surface area (Å²) in [5.74, 6) is -0.175. The summed E-state index contributed by atoms with van der Waals surface area (Å²) in [5.41, 5.74) is 4.02. The molecule has 6 heteroatoms. The molecule has 1 saturated carbocycles. The van der Waals surface area contributed by atoms with Crippen molar-refractivity contribution in [1.82, 2.24) is 25.3 Å². The summed E-state index contributed by atoms with van der Waals surface area (Å²) in [6.07, 6.45) is 6.45. The Labute approximate surface area is 145 Å². The van der Waals surface area contributed by atoms with Crippen molar-refractivity contribution < 1.29 is 4.79 Å². The largest absolute Gasteiger partial charge is 0.348 e. The number of amides is 1. The molecule has 0 unspecified atom stereocenters. The van der Waals surface area contributed by atoms with Gasteiger partial charge in [0.2, 0.25) is 0 Å². The van der Waals surface area contributed by atoms with E-state index in [0.717, 1.165) is 30.5 Å². The predicted octanol–water partition coefficient (Wildman–Crippen LogP) is 2.78. The van der Waals surface area contributed by atoms with Gasteiger partial charge >= 0.3 is 0 Å². The molecule has 0 aliphatic heterocycles. The van der Waals surface area contributed by atoms with E-state index >= 15 is 0 Å². The lowest BCUT2D eigenvalue weighted by Gasteiger charge is -2.09. The Kier molecular flexibility index (Phi) is 4.01. The van der Waals surface area contributed by atoms with Crippen LogP contribution in [0.2, 0.25) is 0 Å². The number of nitrogens with one attached hydrogen (secondary N) is 1. The maximum atomic E-state index is 12.6. The van der Waals surface area contributed by atoms with Crippen molar-refractivity contribution in [3.05, 3.63) is 60.0 Å². The fourth-order valence-corrected chi connectivity index (χ4v) is 2.74. The third-order valence-electron chi connectivity index (χ3n) is 4.34. The Morgan fingerprint density at radius 1 is 1.16 bits per heavy atom. The third-order valence-corrected chi connectivity index (χ3v) is 4.34. The summed E-state index contributed by atoms with van der Waals surface area (Å²) in [7, 11) is 0. The van der Waals surface area contributed by atoms with Gasteiger partial charge in [0.05, 0.1) is 5.69 Å². The topological polar surface area (TPSA) is 72.7 Å². The number of aromatic nitrogens is 4. The normalized spacial score (nSPS) is 13.6. The van der Waals surface area contributed by atoms with Crippen molar-refractivity contribution in [2.24, 2.45) is 0 Å². The first-order valence-electron chi connectivity index (χ1n) is 8.52. The molecule has 2 heterocycles. The number of nitrogens with zero attached hydrogens (tertiary/aromatic N) is 4. The van der Waals surface area contributed by atoms with Crippen LogP contribution in [0, 0.1) is 0 Å². The van der Waals surface area contributed by atoms with Gasteiger partial charge in [-0.25, -0.2) is 4.68 Å². The highest BCUT2D eigenvalue weighted by Crippen LogP contribution is 2.26. The van der Waals surface area contributed by atoms with Gasteiger partial charge in [0.15, 0.2) is 5.69 Å². The van der Waals surface area contributed by atoms with Gasteiger partial charge < -0.3 is 5.32 Å². The summed E-state index contributed by atoms with van der Waals surface area (Å²) in [4.78, 5) is 16.7. The fraction of sp³-hybridized carbons (Fsp3) is 0.263. The third kappa shape index (κ3) is 3.15. The molecule has 1 fully saturated rings. The second-order valence-electron chi connectivity index (χ2n) is 6.20. The Morgan fingerprint density at radius 2 is 1.88 bits per heavy atom. The summed E-state index contributed by atoms with van der Waals surface area (Å²) in [5, 5.41) is 11.4. The molecule has 0 bridgehead atoms. The molecule has 0 saturated heterocycles. The highest BCUT2D eigenvalue weighted by molar-refractivity contribution is 5.98. The number of carbonyl (C=O) groups excluding carboxylic acids is 1. The molecule has 1 aliphatic rings. The molecule has 0 radical (unpaired) electrons. The van der Waals surface area contributed by atoms with Crippen LogP contribution in [0.15, 0.2) is 48.8 Å². The van der Waals surface area contributed by atoms with E-state index in [0.29, 0.717) is 11.4 Å². The monoisotopic (exact) mass is 333 g/mol. The zero-order chi connectivity index (χ0) is 17.2. The van der Waals surface area contributed by atoms with Crippen molar-refractivity contribution in [3.8, 4) is 16.9 Å². The van der Waals surface area contributed by atoms with Gasteiger partial charge in [0.25, 0.3) is 5.91 Å². The molecule has 0 spiro atoms. The van der Waals surface area contributed by atoms with Gasteiger partial charge in [-0.2, -0.15) is 0 Å². The van der Waals surface area contributed by atoms with Crippen LogP contribution >= 0.6 is 0 Å². The van der Waals surface area contributed by atoms with Gasteiger partial charge in [-0.05, 0) is 49.1 Å². The zero-order valence-corrected chi connectivity index (χ0v) is 14.0. The van der Waals surface area contributed by atoms with Crippen molar-refractivity contribution >= 4 is 5.91 Å². The lowest BCUT2D eigenvalue weighted by molar-refractivity contribution is 0.0946.